The second kappa shape index (κ2) is 10.2. The lowest BCUT2D eigenvalue weighted by Crippen LogP contribution is -2.47. The van der Waals surface area contributed by atoms with Gasteiger partial charge in [0.15, 0.2) is 17.7 Å². The molecule has 1 aliphatic heterocycles. The van der Waals surface area contributed by atoms with Gasteiger partial charge in [-0.15, -0.1) is 0 Å². The minimum Gasteiger partial charge on any atom is -0.497 e. The molecule has 1 heterocycles. The Balaban J connectivity index is 1.36. The van der Waals surface area contributed by atoms with Gasteiger partial charge in [0.25, 0.3) is 0 Å². The molecule has 0 bridgehead atoms. The van der Waals surface area contributed by atoms with Crippen molar-refractivity contribution in [2.45, 2.75) is 44.9 Å². The first-order valence-electron chi connectivity index (χ1n) is 10.1. The van der Waals surface area contributed by atoms with Gasteiger partial charge in [0.05, 0.1) is 7.11 Å². The standard InChI is InChI=1S/C23H30N2O4/c1-17(25(2)23-16-28-20-9-5-6-10-21(20)29-23)8-4-7-11-22(26)24-18-12-14-19(27-3)15-13-18/h5-6,9-10,12-15,17,23H,4,7-8,11,16H2,1-3H3,(H,24,26). The Morgan fingerprint density at radius 3 is 2.62 bits per heavy atom. The third-order valence-electron chi connectivity index (χ3n) is 5.29. The molecule has 0 aliphatic carbocycles. The number of carbonyl (C=O) groups is 1. The van der Waals surface area contributed by atoms with E-state index in [1.807, 2.05) is 48.5 Å². The number of hydrogen-bond donors (Lipinski definition) is 1. The van der Waals surface area contributed by atoms with Gasteiger partial charge in [0.2, 0.25) is 5.91 Å². The maximum Gasteiger partial charge on any atom is 0.224 e. The van der Waals surface area contributed by atoms with Gasteiger partial charge in [0.1, 0.15) is 12.4 Å². The number of unbranched alkanes of at least 4 members (excludes halogenated alkanes) is 1. The fourth-order valence-electron chi connectivity index (χ4n) is 3.32. The van der Waals surface area contributed by atoms with E-state index in [2.05, 4.69) is 24.2 Å². The monoisotopic (exact) mass is 398 g/mol. The lowest BCUT2D eigenvalue weighted by Gasteiger charge is -2.36. The smallest absolute Gasteiger partial charge is 0.224 e. The zero-order valence-corrected chi connectivity index (χ0v) is 17.4. The number of nitrogens with one attached hydrogen (secondary N) is 1. The molecular formula is C23H30N2O4. The molecular weight excluding hydrogens is 368 g/mol. The molecule has 6 heteroatoms. The van der Waals surface area contributed by atoms with Crippen LogP contribution in [0.5, 0.6) is 17.2 Å². The lowest BCUT2D eigenvalue weighted by molar-refractivity contribution is -0.116. The van der Waals surface area contributed by atoms with Crippen molar-refractivity contribution < 1.29 is 19.0 Å². The molecule has 0 aromatic heterocycles. The largest absolute Gasteiger partial charge is 0.497 e. The van der Waals surface area contributed by atoms with Crippen molar-refractivity contribution in [1.82, 2.24) is 4.90 Å². The highest BCUT2D eigenvalue weighted by Gasteiger charge is 2.26. The Morgan fingerprint density at radius 2 is 1.90 bits per heavy atom. The number of amides is 1. The topological polar surface area (TPSA) is 60.0 Å². The first kappa shape index (κ1) is 21.0. The zero-order valence-electron chi connectivity index (χ0n) is 17.4. The van der Waals surface area contributed by atoms with Crippen molar-refractivity contribution in [1.29, 1.82) is 0 Å². The molecule has 2 aromatic rings. The quantitative estimate of drug-likeness (QED) is 0.638. The summed E-state index contributed by atoms with van der Waals surface area (Å²) in [7, 11) is 3.68. The van der Waals surface area contributed by atoms with E-state index in [9.17, 15) is 4.79 Å². The fraction of sp³-hybridized carbons (Fsp3) is 0.435. The van der Waals surface area contributed by atoms with Gasteiger partial charge < -0.3 is 19.5 Å². The molecule has 0 radical (unpaired) electrons. The molecule has 0 spiro atoms. The first-order valence-corrected chi connectivity index (χ1v) is 10.1. The maximum atomic E-state index is 12.1. The van der Waals surface area contributed by atoms with E-state index in [0.717, 1.165) is 42.2 Å². The van der Waals surface area contributed by atoms with Gasteiger partial charge in [-0.05, 0) is 63.2 Å². The Kier molecular flexibility index (Phi) is 7.36. The van der Waals surface area contributed by atoms with E-state index in [1.54, 1.807) is 7.11 Å². The third-order valence-corrected chi connectivity index (χ3v) is 5.29. The van der Waals surface area contributed by atoms with Gasteiger partial charge >= 0.3 is 0 Å². The van der Waals surface area contributed by atoms with E-state index in [-0.39, 0.29) is 12.1 Å². The summed E-state index contributed by atoms with van der Waals surface area (Å²) in [4.78, 5) is 14.3. The number of nitrogens with zero attached hydrogens (tertiary/aromatic N) is 1. The predicted octanol–water partition coefficient (Wildman–Crippen LogP) is 4.31. The molecule has 6 nitrogen and oxygen atoms in total. The normalized spacial score (nSPS) is 16.3. The van der Waals surface area contributed by atoms with Crippen LogP contribution in [0.2, 0.25) is 0 Å². The summed E-state index contributed by atoms with van der Waals surface area (Å²) in [6.07, 6.45) is 3.24. The molecule has 29 heavy (non-hydrogen) atoms. The summed E-state index contributed by atoms with van der Waals surface area (Å²) in [5.74, 6) is 2.40. The van der Waals surface area contributed by atoms with E-state index < -0.39 is 0 Å². The van der Waals surface area contributed by atoms with Gasteiger partial charge in [-0.25, -0.2) is 0 Å². The SMILES string of the molecule is COc1ccc(NC(=O)CCCCC(C)N(C)C2COc3ccccc3O2)cc1. The summed E-state index contributed by atoms with van der Waals surface area (Å²) in [5, 5.41) is 2.92. The van der Waals surface area contributed by atoms with Crippen LogP contribution < -0.4 is 19.5 Å². The zero-order chi connectivity index (χ0) is 20.6. The maximum absolute atomic E-state index is 12.1. The number of para-hydroxylation sites is 2. The second-order valence-corrected chi connectivity index (χ2v) is 7.37. The molecule has 3 rings (SSSR count). The summed E-state index contributed by atoms with van der Waals surface area (Å²) >= 11 is 0. The van der Waals surface area contributed by atoms with Crippen molar-refractivity contribution in [2.24, 2.45) is 0 Å². The number of methoxy groups -OCH3 is 1. The van der Waals surface area contributed by atoms with Crippen molar-refractivity contribution in [3.63, 3.8) is 0 Å². The number of rotatable bonds is 9. The number of carbonyl (C=O) groups excluding carboxylic acids is 1. The van der Waals surface area contributed by atoms with Crippen LogP contribution in [0.25, 0.3) is 0 Å². The minimum atomic E-state index is -0.0988. The number of hydrogen-bond acceptors (Lipinski definition) is 5. The average Bonchev–Trinajstić information content (AvgIpc) is 2.76. The molecule has 0 saturated carbocycles. The predicted molar refractivity (Wildman–Crippen MR) is 114 cm³/mol. The highest BCUT2D eigenvalue weighted by molar-refractivity contribution is 5.90. The van der Waals surface area contributed by atoms with Crippen LogP contribution in [0, 0.1) is 0 Å². The van der Waals surface area contributed by atoms with E-state index in [4.69, 9.17) is 14.2 Å². The summed E-state index contributed by atoms with van der Waals surface area (Å²) in [6.45, 7) is 2.70. The van der Waals surface area contributed by atoms with Crippen molar-refractivity contribution in [3.8, 4) is 17.2 Å². The lowest BCUT2D eigenvalue weighted by atomic mass is 10.1. The molecule has 2 atom stereocenters. The van der Waals surface area contributed by atoms with Crippen LogP contribution >= 0.6 is 0 Å². The number of ether oxygens (including phenoxy) is 3. The van der Waals surface area contributed by atoms with Gasteiger partial charge in [-0.3, -0.25) is 9.69 Å². The Hall–Kier alpha value is -2.73. The Morgan fingerprint density at radius 1 is 1.17 bits per heavy atom. The van der Waals surface area contributed by atoms with Gasteiger partial charge in [-0.1, -0.05) is 18.6 Å². The highest BCUT2D eigenvalue weighted by Crippen LogP contribution is 2.32. The van der Waals surface area contributed by atoms with E-state index >= 15 is 0 Å². The summed E-state index contributed by atoms with van der Waals surface area (Å²) in [5.41, 5.74) is 0.790. The minimum absolute atomic E-state index is 0.0387. The van der Waals surface area contributed by atoms with Crippen molar-refractivity contribution in [3.05, 3.63) is 48.5 Å². The average molecular weight is 399 g/mol. The first-order chi connectivity index (χ1) is 14.1. The van der Waals surface area contributed by atoms with Crippen LogP contribution in [0.1, 0.15) is 32.6 Å². The second-order valence-electron chi connectivity index (χ2n) is 7.37. The molecule has 1 amide bonds. The van der Waals surface area contributed by atoms with E-state index in [1.165, 1.54) is 0 Å². The highest BCUT2D eigenvalue weighted by atomic mass is 16.6. The van der Waals surface area contributed by atoms with Crippen LogP contribution in [-0.2, 0) is 4.79 Å². The summed E-state index contributed by atoms with van der Waals surface area (Å²) in [6, 6.07) is 15.4. The Labute approximate surface area is 172 Å². The molecule has 1 N–H and O–H groups in total. The molecule has 0 fully saturated rings. The van der Waals surface area contributed by atoms with Crippen LogP contribution in [0.15, 0.2) is 48.5 Å². The summed E-state index contributed by atoms with van der Waals surface area (Å²) < 4.78 is 17.0. The van der Waals surface area contributed by atoms with Crippen LogP contribution in [-0.4, -0.2) is 43.8 Å². The van der Waals surface area contributed by atoms with Gasteiger partial charge in [-0.2, -0.15) is 0 Å². The molecule has 0 saturated heterocycles. The third kappa shape index (κ3) is 5.87. The number of likely N-dealkylation sites (N-methyl/N-ethyl adjacent to an activating group) is 1. The van der Waals surface area contributed by atoms with E-state index in [0.29, 0.717) is 19.1 Å². The Bertz CT molecular complexity index is 794. The van der Waals surface area contributed by atoms with Gasteiger partial charge in [0, 0.05) is 18.2 Å². The van der Waals surface area contributed by atoms with Crippen molar-refractivity contribution in [2.75, 3.05) is 26.1 Å². The van der Waals surface area contributed by atoms with Crippen molar-refractivity contribution >= 4 is 11.6 Å². The number of anilines is 1. The fourth-order valence-corrected chi connectivity index (χ4v) is 3.32. The molecule has 1 aliphatic rings. The molecule has 2 aromatic carbocycles. The molecule has 2 unspecified atom stereocenters. The molecule has 156 valence electrons. The van der Waals surface area contributed by atoms with Crippen LogP contribution in [0.3, 0.4) is 0 Å². The number of fused-ring (bicyclic) bond motifs is 1. The van der Waals surface area contributed by atoms with Crippen LogP contribution in [0.4, 0.5) is 5.69 Å². The number of benzene rings is 2.